The van der Waals surface area contributed by atoms with E-state index in [0.29, 0.717) is 17.8 Å². The van der Waals surface area contributed by atoms with Gasteiger partial charge in [-0.15, -0.1) is 0 Å². The molecular formula is C29H24. The summed E-state index contributed by atoms with van der Waals surface area (Å²) in [6.45, 7) is 4.55. The van der Waals surface area contributed by atoms with Gasteiger partial charge in [0.05, 0.1) is 0 Å². The molecule has 0 saturated heterocycles. The van der Waals surface area contributed by atoms with Gasteiger partial charge in [-0.1, -0.05) is 109 Å². The smallest absolute Gasteiger partial charge is 0.0170 e. The third kappa shape index (κ3) is 2.39. The molecule has 0 saturated carbocycles. The molecule has 6 rings (SSSR count). The van der Waals surface area contributed by atoms with Crippen molar-refractivity contribution in [2.24, 2.45) is 5.92 Å². The van der Waals surface area contributed by atoms with Crippen LogP contribution in [0.5, 0.6) is 0 Å². The van der Waals surface area contributed by atoms with Gasteiger partial charge in [-0.2, -0.15) is 0 Å². The number of hydrogen-bond acceptors (Lipinski definition) is 0. The molecule has 0 N–H and O–H groups in total. The van der Waals surface area contributed by atoms with Crippen molar-refractivity contribution in [3.05, 3.63) is 124 Å². The van der Waals surface area contributed by atoms with Gasteiger partial charge in [-0.25, -0.2) is 0 Å². The second kappa shape index (κ2) is 6.19. The van der Waals surface area contributed by atoms with Crippen LogP contribution in [-0.4, -0.2) is 0 Å². The van der Waals surface area contributed by atoms with Crippen LogP contribution in [0.4, 0.5) is 0 Å². The maximum atomic E-state index is 2.50. The Bertz CT molecular complexity index is 1260. The maximum Gasteiger partial charge on any atom is 0.0170 e. The number of hydrogen-bond donors (Lipinski definition) is 0. The minimum absolute atomic E-state index is 0.408. The Balaban J connectivity index is 1.61. The Morgan fingerprint density at radius 1 is 0.828 bits per heavy atom. The lowest BCUT2D eigenvalue weighted by molar-refractivity contribution is 0.643. The first kappa shape index (κ1) is 16.8. The molecule has 0 amide bonds. The van der Waals surface area contributed by atoms with Crippen LogP contribution in [0.15, 0.2) is 102 Å². The highest BCUT2D eigenvalue weighted by Gasteiger charge is 2.42. The summed E-state index contributed by atoms with van der Waals surface area (Å²) in [6.07, 6.45) is 11.7. The van der Waals surface area contributed by atoms with E-state index in [0.717, 1.165) is 0 Å². The summed E-state index contributed by atoms with van der Waals surface area (Å²) in [4.78, 5) is 0. The molecule has 3 aromatic rings. The minimum Gasteiger partial charge on any atom is -0.0760 e. The molecule has 0 aliphatic heterocycles. The first-order chi connectivity index (χ1) is 14.2. The van der Waals surface area contributed by atoms with Crippen LogP contribution in [0.3, 0.4) is 0 Å². The highest BCUT2D eigenvalue weighted by atomic mass is 14.4. The van der Waals surface area contributed by atoms with Gasteiger partial charge in [0.25, 0.3) is 0 Å². The summed E-state index contributed by atoms with van der Waals surface area (Å²) in [6, 6.07) is 22.6. The lowest BCUT2D eigenvalue weighted by atomic mass is 9.70. The molecule has 3 aliphatic carbocycles. The molecule has 3 aliphatic rings. The van der Waals surface area contributed by atoms with E-state index < -0.39 is 0 Å². The van der Waals surface area contributed by atoms with Gasteiger partial charge in [-0.05, 0) is 45.5 Å². The molecule has 29 heavy (non-hydrogen) atoms. The van der Waals surface area contributed by atoms with E-state index >= 15 is 0 Å². The topological polar surface area (TPSA) is 0 Å². The van der Waals surface area contributed by atoms with Gasteiger partial charge >= 0.3 is 0 Å². The van der Waals surface area contributed by atoms with Crippen LogP contribution >= 0.6 is 0 Å². The number of fused-ring (bicyclic) bond motifs is 7. The summed E-state index contributed by atoms with van der Waals surface area (Å²) in [5.41, 5.74) is 10.1. The van der Waals surface area contributed by atoms with E-state index in [4.69, 9.17) is 0 Å². The predicted molar refractivity (Wildman–Crippen MR) is 123 cm³/mol. The monoisotopic (exact) mass is 372 g/mol. The maximum absolute atomic E-state index is 2.50. The largest absolute Gasteiger partial charge is 0.0760 e. The summed E-state index contributed by atoms with van der Waals surface area (Å²) in [5.74, 6) is 1.31. The molecule has 0 bridgehead atoms. The van der Waals surface area contributed by atoms with Gasteiger partial charge < -0.3 is 0 Å². The van der Waals surface area contributed by atoms with E-state index in [1.54, 1.807) is 11.1 Å². The van der Waals surface area contributed by atoms with Crippen molar-refractivity contribution in [3.8, 4) is 0 Å². The lowest BCUT2D eigenvalue weighted by Crippen LogP contribution is -2.19. The van der Waals surface area contributed by atoms with Crippen molar-refractivity contribution in [1.29, 1.82) is 0 Å². The molecule has 0 radical (unpaired) electrons. The van der Waals surface area contributed by atoms with Gasteiger partial charge in [0.15, 0.2) is 0 Å². The van der Waals surface area contributed by atoms with Crippen molar-refractivity contribution in [1.82, 2.24) is 0 Å². The lowest BCUT2D eigenvalue weighted by Gasteiger charge is -2.33. The first-order valence-corrected chi connectivity index (χ1v) is 10.6. The van der Waals surface area contributed by atoms with Crippen LogP contribution in [0.25, 0.3) is 16.3 Å². The molecule has 0 fully saturated rings. The third-order valence-electron chi connectivity index (χ3n) is 7.05. The Labute approximate surface area is 172 Å². The fourth-order valence-corrected chi connectivity index (χ4v) is 5.61. The van der Waals surface area contributed by atoms with E-state index in [2.05, 4.69) is 105 Å². The molecule has 0 aromatic heterocycles. The van der Waals surface area contributed by atoms with Crippen molar-refractivity contribution < 1.29 is 0 Å². The molecule has 140 valence electrons. The molecule has 0 nitrogen and oxygen atoms in total. The highest BCUT2D eigenvalue weighted by molar-refractivity contribution is 5.92. The standard InChI is InChI=1S/C29H24/c1-18-11-13-21(14-12-18)27-17-26-19(2)22-16-15-20-7-3-4-8-23(20)28(22)29(26)25-10-6-5-9-24(25)27/h3-17,19,25,29H,1-2H3. The second-order valence-corrected chi connectivity index (χ2v) is 8.64. The molecule has 3 atom stereocenters. The van der Waals surface area contributed by atoms with Crippen LogP contribution in [0.1, 0.15) is 41.0 Å². The van der Waals surface area contributed by atoms with Gasteiger partial charge in [-0.3, -0.25) is 0 Å². The minimum atomic E-state index is 0.408. The van der Waals surface area contributed by atoms with Gasteiger partial charge in [0, 0.05) is 17.8 Å². The molecule has 0 heterocycles. The van der Waals surface area contributed by atoms with Crippen LogP contribution in [0, 0.1) is 12.8 Å². The zero-order valence-corrected chi connectivity index (χ0v) is 16.9. The zero-order valence-electron chi connectivity index (χ0n) is 16.9. The molecular weight excluding hydrogens is 348 g/mol. The van der Waals surface area contributed by atoms with E-state index in [1.165, 1.54) is 38.6 Å². The van der Waals surface area contributed by atoms with Gasteiger partial charge in [0.2, 0.25) is 0 Å². The van der Waals surface area contributed by atoms with Crippen LogP contribution in [-0.2, 0) is 0 Å². The average molecular weight is 373 g/mol. The van der Waals surface area contributed by atoms with Gasteiger partial charge in [0.1, 0.15) is 0 Å². The summed E-state index contributed by atoms with van der Waals surface area (Å²) < 4.78 is 0. The Hall–Kier alpha value is -3.12. The van der Waals surface area contributed by atoms with Crippen molar-refractivity contribution >= 4 is 16.3 Å². The van der Waals surface area contributed by atoms with E-state index in [1.807, 2.05) is 0 Å². The molecule has 3 unspecified atom stereocenters. The Kier molecular flexibility index (Phi) is 3.59. The van der Waals surface area contributed by atoms with Crippen molar-refractivity contribution in [2.75, 3.05) is 0 Å². The number of rotatable bonds is 1. The summed E-state index contributed by atoms with van der Waals surface area (Å²) in [7, 11) is 0. The van der Waals surface area contributed by atoms with Crippen molar-refractivity contribution in [3.63, 3.8) is 0 Å². The number of benzene rings is 3. The van der Waals surface area contributed by atoms with E-state index in [-0.39, 0.29) is 0 Å². The fraction of sp³-hybridized carbons (Fsp3) is 0.172. The SMILES string of the molecule is Cc1ccc(C2=C3C=CC=CC3C3C(=C2)C(C)c2ccc4ccccc4c23)cc1. The Morgan fingerprint density at radius 3 is 2.52 bits per heavy atom. The second-order valence-electron chi connectivity index (χ2n) is 8.64. The van der Waals surface area contributed by atoms with E-state index in [9.17, 15) is 0 Å². The van der Waals surface area contributed by atoms with Crippen molar-refractivity contribution in [2.45, 2.75) is 25.7 Å². The quantitative estimate of drug-likeness (QED) is 0.415. The highest BCUT2D eigenvalue weighted by Crippen LogP contribution is 2.57. The number of aryl methyl sites for hydroxylation is 1. The fourth-order valence-electron chi connectivity index (χ4n) is 5.61. The zero-order chi connectivity index (χ0) is 19.5. The summed E-state index contributed by atoms with van der Waals surface area (Å²) >= 11 is 0. The molecule has 0 heteroatoms. The predicted octanol–water partition coefficient (Wildman–Crippen LogP) is 7.48. The van der Waals surface area contributed by atoms with Crippen LogP contribution in [0.2, 0.25) is 0 Å². The molecule has 3 aromatic carbocycles. The normalized spacial score (nSPS) is 24.3. The van der Waals surface area contributed by atoms with Crippen LogP contribution < -0.4 is 0 Å². The number of allylic oxidation sites excluding steroid dienone is 8. The third-order valence-corrected chi connectivity index (χ3v) is 7.05. The Morgan fingerprint density at radius 2 is 1.66 bits per heavy atom. The molecule has 0 spiro atoms. The average Bonchev–Trinajstić information content (AvgIpc) is 3.06. The first-order valence-electron chi connectivity index (χ1n) is 10.6. The summed E-state index contributed by atoms with van der Waals surface area (Å²) in [5, 5.41) is 2.77.